The van der Waals surface area contributed by atoms with Crippen molar-refractivity contribution in [2.24, 2.45) is 0 Å². The molecular formula is C45H26N6O2. The fraction of sp³-hybridized carbons (Fsp3) is 0. The van der Waals surface area contributed by atoms with E-state index in [9.17, 15) is 0 Å². The Morgan fingerprint density at radius 1 is 0.377 bits per heavy atom. The van der Waals surface area contributed by atoms with Crippen molar-refractivity contribution >= 4 is 54.8 Å². The molecule has 0 N–H and O–H groups in total. The van der Waals surface area contributed by atoms with E-state index in [1.54, 1.807) is 0 Å². The Kier molecular flexibility index (Phi) is 6.38. The van der Waals surface area contributed by atoms with Gasteiger partial charge in [-0.2, -0.15) is 9.97 Å². The summed E-state index contributed by atoms with van der Waals surface area (Å²) in [6, 6.07) is 52.7. The van der Waals surface area contributed by atoms with Crippen molar-refractivity contribution in [1.29, 1.82) is 0 Å². The predicted octanol–water partition coefficient (Wildman–Crippen LogP) is 11.1. The number of nitrogens with zero attached hydrogens (tertiary/aromatic N) is 6. The average Bonchev–Trinajstić information content (AvgIpc) is 3.95. The molecule has 0 bridgehead atoms. The molecular weight excluding hydrogens is 657 g/mol. The second-order valence-electron chi connectivity index (χ2n) is 12.9. The summed E-state index contributed by atoms with van der Waals surface area (Å²) in [5.74, 6) is 2.74. The Hall–Kier alpha value is -7.45. The van der Waals surface area contributed by atoms with Crippen molar-refractivity contribution in [3.63, 3.8) is 0 Å². The van der Waals surface area contributed by atoms with Crippen molar-refractivity contribution in [2.75, 3.05) is 0 Å². The molecule has 0 atom stereocenters. The minimum absolute atomic E-state index is 0.525. The highest BCUT2D eigenvalue weighted by Crippen LogP contribution is 2.37. The second-order valence-corrected chi connectivity index (χ2v) is 12.9. The molecule has 8 nitrogen and oxygen atoms in total. The Bertz CT molecular complexity index is 2970. The van der Waals surface area contributed by atoms with Crippen LogP contribution >= 0.6 is 0 Å². The third kappa shape index (κ3) is 4.81. The molecule has 0 fully saturated rings. The molecule has 0 aliphatic rings. The number of hydrogen-bond acceptors (Lipinski definition) is 7. The minimum Gasteiger partial charge on any atom is -0.436 e. The number of benzene rings is 7. The summed E-state index contributed by atoms with van der Waals surface area (Å²) in [4.78, 5) is 24.7. The molecule has 4 aromatic heterocycles. The minimum atomic E-state index is 0.525. The maximum Gasteiger partial charge on any atom is 0.238 e. The van der Waals surface area contributed by atoms with E-state index in [0.29, 0.717) is 29.4 Å². The summed E-state index contributed by atoms with van der Waals surface area (Å²) in [5, 5.41) is 4.65. The molecule has 4 heterocycles. The molecule has 7 aromatic carbocycles. The van der Waals surface area contributed by atoms with Crippen LogP contribution in [0.25, 0.3) is 106 Å². The zero-order valence-corrected chi connectivity index (χ0v) is 28.0. The summed E-state index contributed by atoms with van der Waals surface area (Å²) < 4.78 is 14.2. The molecule has 0 saturated heterocycles. The van der Waals surface area contributed by atoms with Crippen LogP contribution in [0.5, 0.6) is 0 Å². The van der Waals surface area contributed by atoms with Gasteiger partial charge in [0.1, 0.15) is 11.0 Å². The molecule has 0 spiro atoms. The fourth-order valence-corrected chi connectivity index (χ4v) is 7.19. The second kappa shape index (κ2) is 11.5. The highest BCUT2D eigenvalue weighted by Gasteiger charge is 2.20. The van der Waals surface area contributed by atoms with Crippen molar-refractivity contribution in [3.05, 3.63) is 158 Å². The zero-order valence-electron chi connectivity index (χ0n) is 28.0. The van der Waals surface area contributed by atoms with Gasteiger partial charge in [0.25, 0.3) is 0 Å². The zero-order chi connectivity index (χ0) is 34.9. The Morgan fingerprint density at radius 2 is 0.887 bits per heavy atom. The lowest BCUT2D eigenvalue weighted by Gasteiger charge is -2.11. The van der Waals surface area contributed by atoms with Gasteiger partial charge in [-0.15, -0.1) is 0 Å². The maximum atomic E-state index is 6.05. The van der Waals surface area contributed by atoms with E-state index in [1.807, 2.05) is 97.1 Å². The number of aromatic nitrogens is 6. The van der Waals surface area contributed by atoms with Crippen LogP contribution in [0.2, 0.25) is 0 Å². The smallest absolute Gasteiger partial charge is 0.238 e. The van der Waals surface area contributed by atoms with Crippen LogP contribution in [0.15, 0.2) is 167 Å². The summed E-state index contributed by atoms with van der Waals surface area (Å²) in [7, 11) is 0. The molecule has 11 aromatic rings. The van der Waals surface area contributed by atoms with Crippen LogP contribution in [-0.4, -0.2) is 29.5 Å². The van der Waals surface area contributed by atoms with Gasteiger partial charge < -0.3 is 8.83 Å². The van der Waals surface area contributed by atoms with Crippen molar-refractivity contribution in [3.8, 4) is 51.6 Å². The van der Waals surface area contributed by atoms with E-state index in [-0.39, 0.29) is 0 Å². The third-order valence-electron chi connectivity index (χ3n) is 9.75. The van der Waals surface area contributed by atoms with Crippen LogP contribution in [-0.2, 0) is 0 Å². The largest absolute Gasteiger partial charge is 0.436 e. The van der Waals surface area contributed by atoms with Crippen LogP contribution in [0.3, 0.4) is 0 Å². The summed E-state index contributed by atoms with van der Waals surface area (Å²) in [6.45, 7) is 0. The van der Waals surface area contributed by atoms with Crippen LogP contribution < -0.4 is 0 Å². The van der Waals surface area contributed by atoms with E-state index in [1.165, 1.54) is 10.8 Å². The molecule has 8 heteroatoms. The molecule has 0 unspecified atom stereocenters. The first-order valence-electron chi connectivity index (χ1n) is 17.3. The van der Waals surface area contributed by atoms with Crippen LogP contribution in [0.4, 0.5) is 0 Å². The highest BCUT2D eigenvalue weighted by molar-refractivity contribution is 6.21. The third-order valence-corrected chi connectivity index (χ3v) is 9.75. The van der Waals surface area contributed by atoms with Crippen LogP contribution in [0, 0.1) is 0 Å². The molecule has 0 radical (unpaired) electrons. The van der Waals surface area contributed by atoms with E-state index < -0.39 is 0 Å². The number of para-hydroxylation sites is 5. The number of fused-ring (bicyclic) bond motifs is 7. The molecule has 0 aliphatic heterocycles. The van der Waals surface area contributed by atoms with Gasteiger partial charge in [-0.25, -0.2) is 15.0 Å². The van der Waals surface area contributed by atoms with Gasteiger partial charge in [0.05, 0.1) is 11.0 Å². The molecule has 0 aliphatic carbocycles. The summed E-state index contributed by atoms with van der Waals surface area (Å²) in [6.07, 6.45) is 0. The number of oxazole rings is 2. The van der Waals surface area contributed by atoms with Gasteiger partial charge >= 0.3 is 0 Å². The number of hydrogen-bond donors (Lipinski definition) is 0. The van der Waals surface area contributed by atoms with E-state index in [2.05, 4.69) is 75.2 Å². The monoisotopic (exact) mass is 682 g/mol. The highest BCUT2D eigenvalue weighted by atomic mass is 16.4. The van der Waals surface area contributed by atoms with E-state index in [4.69, 9.17) is 23.8 Å². The molecule has 248 valence electrons. The SMILES string of the molecule is c1ccc2c(c1)ccc1c2c2ccccc2n1-c1nc(-c2ccc(-c3nc4ccccc4o3)cc2)nc(-c2ccc(-c3nc4ccccc4o3)cc2)n1. The standard InChI is InChI=1S/C45H26N6O2/c1-2-10-32-27(9-1)25-26-37-40(32)33-11-3-6-14-36(33)51(37)45-49-41(28-17-21-30(22-18-28)43-46-34-12-4-7-15-38(34)52-43)48-42(50-45)29-19-23-31(24-20-29)44-47-35-13-5-8-16-39(35)53-44/h1-26H. The fourth-order valence-electron chi connectivity index (χ4n) is 7.19. The summed E-state index contributed by atoms with van der Waals surface area (Å²) in [5.41, 5.74) is 8.57. The Labute approximate surface area is 301 Å². The lowest BCUT2D eigenvalue weighted by molar-refractivity contribution is 0.619. The topological polar surface area (TPSA) is 95.7 Å². The molecule has 0 saturated carbocycles. The Balaban J connectivity index is 1.08. The first-order valence-corrected chi connectivity index (χ1v) is 17.3. The van der Waals surface area contributed by atoms with Gasteiger partial charge in [-0.1, -0.05) is 97.1 Å². The van der Waals surface area contributed by atoms with E-state index in [0.717, 1.165) is 66.3 Å². The average molecular weight is 683 g/mol. The Morgan fingerprint density at radius 3 is 1.49 bits per heavy atom. The lowest BCUT2D eigenvalue weighted by atomic mass is 10.0. The first kappa shape index (κ1) is 29.3. The van der Waals surface area contributed by atoms with E-state index >= 15 is 0 Å². The molecule has 0 amide bonds. The van der Waals surface area contributed by atoms with Crippen LogP contribution in [0.1, 0.15) is 0 Å². The van der Waals surface area contributed by atoms with Gasteiger partial charge in [-0.05, 0) is 71.4 Å². The normalized spacial score (nSPS) is 11.8. The summed E-state index contributed by atoms with van der Waals surface area (Å²) >= 11 is 0. The predicted molar refractivity (Wildman–Crippen MR) is 209 cm³/mol. The maximum absolute atomic E-state index is 6.05. The van der Waals surface area contributed by atoms with Crippen molar-refractivity contribution in [1.82, 2.24) is 29.5 Å². The lowest BCUT2D eigenvalue weighted by Crippen LogP contribution is -2.06. The van der Waals surface area contributed by atoms with Gasteiger partial charge in [0.15, 0.2) is 22.8 Å². The van der Waals surface area contributed by atoms with Crippen molar-refractivity contribution in [2.45, 2.75) is 0 Å². The van der Waals surface area contributed by atoms with Gasteiger partial charge in [-0.3, -0.25) is 4.57 Å². The quantitative estimate of drug-likeness (QED) is 0.178. The van der Waals surface area contributed by atoms with Gasteiger partial charge in [0.2, 0.25) is 17.7 Å². The number of rotatable bonds is 5. The molecule has 11 rings (SSSR count). The van der Waals surface area contributed by atoms with Gasteiger partial charge in [0, 0.05) is 33.0 Å². The molecule has 53 heavy (non-hydrogen) atoms. The van der Waals surface area contributed by atoms with Crippen molar-refractivity contribution < 1.29 is 8.83 Å². The first-order chi connectivity index (χ1) is 26.2.